The summed E-state index contributed by atoms with van der Waals surface area (Å²) in [7, 11) is 2.89. The Morgan fingerprint density at radius 1 is 0.514 bits per heavy atom. The van der Waals surface area contributed by atoms with E-state index < -0.39 is 120 Å². The van der Waals surface area contributed by atoms with Gasteiger partial charge in [-0.1, -0.05) is 41.5 Å². The number of amides is 10. The highest BCUT2D eigenvalue weighted by atomic mass is 16.5. The molecule has 0 aromatic carbocycles. The quantitative estimate of drug-likeness (QED) is 0.253. The highest BCUT2D eigenvalue weighted by molar-refractivity contribution is 5.99. The van der Waals surface area contributed by atoms with Gasteiger partial charge in [0, 0.05) is 53.5 Å². The molecule has 4 fully saturated rings. The minimum absolute atomic E-state index is 0.00208. The summed E-state index contributed by atoms with van der Waals surface area (Å²) in [4.78, 5) is 150. The summed E-state index contributed by atoms with van der Waals surface area (Å²) in [6, 6.07) is -8.38. The molecule has 21 heteroatoms. The lowest BCUT2D eigenvalue weighted by atomic mass is 9.98. The fraction of sp³-hybridized carbons (Fsp3) is 0.804. The standard InChI is InChI=1S/C51H86N10O11/c1-13-58-28-42(62)53-37(24-30(2)3)48(68)57(12)35(10)45(65)55-39(26-32(6)7)49(69)61-21-15-17-41(61)51(71)59(27-36-18-22-72-23-19-36)29-43(63)54-38(25-31(4)5)47(67)56(11)34(9)44(64)52-33(8)46(66)60-20-14-16-40(60)50(58)70/h30-41H,13-29H2,1-12H3,(H,52,64)(H,53,62)(H,54,63)(H,55,65)/t33-,34-,35-,37-,38-,39-,40+,41+/m0/s1. The van der Waals surface area contributed by atoms with Gasteiger partial charge in [0.15, 0.2) is 0 Å². The summed E-state index contributed by atoms with van der Waals surface area (Å²) in [6.07, 6.45) is 3.59. The Bertz CT molecular complexity index is 1960. The summed E-state index contributed by atoms with van der Waals surface area (Å²) in [5.41, 5.74) is 0. The molecule has 0 spiro atoms. The molecule has 4 aliphatic rings. The van der Waals surface area contributed by atoms with Crippen LogP contribution in [0.5, 0.6) is 0 Å². The second-order valence-corrected chi connectivity index (χ2v) is 21.7. The Hall–Kier alpha value is -5.34. The normalized spacial score (nSPS) is 28.7. The number of fused-ring (bicyclic) bond motifs is 2. The zero-order chi connectivity index (χ0) is 53.7. The van der Waals surface area contributed by atoms with Crippen molar-refractivity contribution in [2.24, 2.45) is 23.7 Å². The van der Waals surface area contributed by atoms with Gasteiger partial charge in [-0.05, 0) is 109 Å². The summed E-state index contributed by atoms with van der Waals surface area (Å²) in [6.45, 7) is 18.5. The Labute approximate surface area is 426 Å². The van der Waals surface area contributed by atoms with E-state index in [1.807, 2.05) is 41.5 Å². The van der Waals surface area contributed by atoms with Crippen LogP contribution < -0.4 is 21.3 Å². The van der Waals surface area contributed by atoms with E-state index in [2.05, 4.69) is 21.3 Å². The molecule has 0 radical (unpaired) electrons. The topological polar surface area (TPSA) is 247 Å². The molecule has 10 amide bonds. The van der Waals surface area contributed by atoms with Crippen molar-refractivity contribution in [3.63, 3.8) is 0 Å². The molecular weight excluding hydrogens is 929 g/mol. The summed E-state index contributed by atoms with van der Waals surface area (Å²) in [5, 5.41) is 11.2. The van der Waals surface area contributed by atoms with E-state index >= 15 is 0 Å². The molecule has 4 N–H and O–H groups in total. The van der Waals surface area contributed by atoms with Gasteiger partial charge in [0.2, 0.25) is 59.1 Å². The molecule has 72 heavy (non-hydrogen) atoms. The molecule has 4 rings (SSSR count). The number of nitrogens with zero attached hydrogens (tertiary/aromatic N) is 6. The van der Waals surface area contributed by atoms with E-state index in [1.165, 1.54) is 64.3 Å². The smallest absolute Gasteiger partial charge is 0.245 e. The molecule has 0 saturated carbocycles. The number of rotatable bonds is 9. The number of nitrogens with one attached hydrogen (secondary N) is 4. The number of hydrogen-bond donors (Lipinski definition) is 4. The Morgan fingerprint density at radius 3 is 1.36 bits per heavy atom. The number of hydrogen-bond acceptors (Lipinski definition) is 11. The zero-order valence-electron chi connectivity index (χ0n) is 45.1. The van der Waals surface area contributed by atoms with Crippen LogP contribution in [0, 0.1) is 23.7 Å². The first kappa shape index (κ1) is 59.2. The van der Waals surface area contributed by atoms with Gasteiger partial charge in [-0.15, -0.1) is 0 Å². The van der Waals surface area contributed by atoms with Crippen LogP contribution in [0.3, 0.4) is 0 Å². The monoisotopic (exact) mass is 1010 g/mol. The summed E-state index contributed by atoms with van der Waals surface area (Å²) in [5.74, 6) is -5.67. The Balaban J connectivity index is 1.74. The third-order valence-corrected chi connectivity index (χ3v) is 14.5. The van der Waals surface area contributed by atoms with Gasteiger partial charge in [0.1, 0.15) is 48.3 Å². The zero-order valence-corrected chi connectivity index (χ0v) is 45.1. The largest absolute Gasteiger partial charge is 0.381 e. The molecule has 21 nitrogen and oxygen atoms in total. The van der Waals surface area contributed by atoms with Crippen molar-refractivity contribution in [1.29, 1.82) is 0 Å². The second kappa shape index (κ2) is 27.1. The fourth-order valence-electron chi connectivity index (χ4n) is 10.1. The van der Waals surface area contributed by atoms with E-state index in [0.29, 0.717) is 51.7 Å². The average Bonchev–Trinajstić information content (AvgIpc) is 4.03. The molecule has 8 atom stereocenters. The number of carbonyl (C=O) groups is 10. The second-order valence-electron chi connectivity index (χ2n) is 21.7. The first-order chi connectivity index (χ1) is 33.9. The van der Waals surface area contributed by atoms with E-state index in [0.717, 1.165) is 0 Å². The van der Waals surface area contributed by atoms with Gasteiger partial charge >= 0.3 is 0 Å². The first-order valence-corrected chi connectivity index (χ1v) is 26.4. The predicted octanol–water partition coefficient (Wildman–Crippen LogP) is 0.877. The molecule has 0 unspecified atom stereocenters. The lowest BCUT2D eigenvalue weighted by molar-refractivity contribution is -0.149. The predicted molar refractivity (Wildman–Crippen MR) is 268 cm³/mol. The van der Waals surface area contributed by atoms with E-state index in [9.17, 15) is 47.9 Å². The van der Waals surface area contributed by atoms with Crippen LogP contribution in [0.15, 0.2) is 0 Å². The van der Waals surface area contributed by atoms with Gasteiger partial charge in [-0.3, -0.25) is 47.9 Å². The van der Waals surface area contributed by atoms with Gasteiger partial charge in [-0.25, -0.2) is 0 Å². The highest BCUT2D eigenvalue weighted by Gasteiger charge is 2.43. The molecule has 4 heterocycles. The third-order valence-electron chi connectivity index (χ3n) is 14.5. The number of carbonyl (C=O) groups excluding carboxylic acids is 10. The summed E-state index contributed by atoms with van der Waals surface area (Å²) >= 11 is 0. The van der Waals surface area contributed by atoms with Crippen LogP contribution >= 0.6 is 0 Å². The lowest BCUT2D eigenvalue weighted by Gasteiger charge is -2.36. The molecule has 0 bridgehead atoms. The maximum absolute atomic E-state index is 14.8. The first-order valence-electron chi connectivity index (χ1n) is 26.4. The maximum Gasteiger partial charge on any atom is 0.245 e. The number of likely N-dealkylation sites (N-methyl/N-ethyl adjacent to an activating group) is 3. The molecular formula is C51H86N10O11. The van der Waals surface area contributed by atoms with Crippen LogP contribution in [0.25, 0.3) is 0 Å². The summed E-state index contributed by atoms with van der Waals surface area (Å²) < 4.78 is 5.59. The SMILES string of the molecule is CCN1CC(=O)N[C@@H](CC(C)C)C(=O)N(C)[C@@H](C)C(=O)N[C@@H](CC(C)C)C(=O)N2CCC[C@@H]2C(=O)N(CC2CCOCC2)CC(=O)N[C@@H](CC(C)C)C(=O)N(C)[C@@H](C)C(=O)N[C@@H](C)C(=O)N2CCC[C@@H]2C1=O. The lowest BCUT2D eigenvalue weighted by Crippen LogP contribution is -2.60. The van der Waals surface area contributed by atoms with Gasteiger partial charge < -0.3 is 55.4 Å². The Kier molecular flexibility index (Phi) is 22.3. The van der Waals surface area contributed by atoms with E-state index in [-0.39, 0.29) is 69.1 Å². The van der Waals surface area contributed by atoms with Crippen LogP contribution in [0.1, 0.15) is 127 Å². The van der Waals surface area contributed by atoms with Crippen LogP contribution in [-0.4, -0.2) is 203 Å². The molecule has 0 aliphatic carbocycles. The van der Waals surface area contributed by atoms with Crippen LogP contribution in [-0.2, 0) is 52.7 Å². The van der Waals surface area contributed by atoms with Crippen molar-refractivity contribution in [2.75, 3.05) is 66.6 Å². The van der Waals surface area contributed by atoms with Crippen LogP contribution in [0.4, 0.5) is 0 Å². The van der Waals surface area contributed by atoms with Gasteiger partial charge in [0.25, 0.3) is 0 Å². The van der Waals surface area contributed by atoms with Crippen molar-refractivity contribution in [3.05, 3.63) is 0 Å². The van der Waals surface area contributed by atoms with E-state index in [1.54, 1.807) is 6.92 Å². The minimum atomic E-state index is -1.10. The number of ether oxygens (including phenoxy) is 1. The third kappa shape index (κ3) is 15.8. The fourth-order valence-corrected chi connectivity index (χ4v) is 10.1. The maximum atomic E-state index is 14.8. The molecule has 406 valence electrons. The van der Waals surface area contributed by atoms with Gasteiger partial charge in [-0.2, -0.15) is 0 Å². The van der Waals surface area contributed by atoms with Crippen molar-refractivity contribution >= 4 is 59.1 Å². The molecule has 4 aliphatic heterocycles. The highest BCUT2D eigenvalue weighted by Crippen LogP contribution is 2.26. The Morgan fingerprint density at radius 2 is 0.917 bits per heavy atom. The molecule has 4 saturated heterocycles. The van der Waals surface area contributed by atoms with E-state index in [4.69, 9.17) is 4.74 Å². The van der Waals surface area contributed by atoms with Crippen molar-refractivity contribution < 1.29 is 52.7 Å². The van der Waals surface area contributed by atoms with Crippen molar-refractivity contribution in [1.82, 2.24) is 50.7 Å². The molecule has 0 aromatic heterocycles. The van der Waals surface area contributed by atoms with Crippen LogP contribution in [0.2, 0.25) is 0 Å². The molecule has 0 aromatic rings. The average molecular weight is 1020 g/mol. The van der Waals surface area contributed by atoms with Crippen molar-refractivity contribution in [2.45, 2.75) is 175 Å². The minimum Gasteiger partial charge on any atom is -0.381 e. The van der Waals surface area contributed by atoms with Crippen molar-refractivity contribution in [3.8, 4) is 0 Å². The van der Waals surface area contributed by atoms with Gasteiger partial charge in [0.05, 0.1) is 13.1 Å².